The third-order valence-electron chi connectivity index (χ3n) is 4.31. The molecular formula is C19H19N3O5S2. The Kier molecular flexibility index (Phi) is 6.02. The van der Waals surface area contributed by atoms with Gasteiger partial charge in [-0.15, -0.1) is 11.3 Å². The van der Waals surface area contributed by atoms with Crippen molar-refractivity contribution < 1.29 is 19.0 Å². The summed E-state index contributed by atoms with van der Waals surface area (Å²) in [5, 5.41) is 5.23. The van der Waals surface area contributed by atoms with Crippen LogP contribution in [-0.4, -0.2) is 41.7 Å². The molecule has 2 aromatic heterocycles. The molecule has 0 radical (unpaired) electrons. The van der Waals surface area contributed by atoms with E-state index in [0.29, 0.717) is 46.6 Å². The number of carbonyl (C=O) groups excluding carboxylic acids is 1. The molecule has 1 amide bonds. The van der Waals surface area contributed by atoms with Gasteiger partial charge in [-0.3, -0.25) is 14.2 Å². The number of methoxy groups -OCH3 is 1. The summed E-state index contributed by atoms with van der Waals surface area (Å²) in [6.07, 6.45) is 0. The minimum atomic E-state index is -0.148. The summed E-state index contributed by atoms with van der Waals surface area (Å²) < 4.78 is 17.9. The van der Waals surface area contributed by atoms with Gasteiger partial charge in [-0.2, -0.15) is 0 Å². The maximum Gasteiger partial charge on any atom is 0.272 e. The van der Waals surface area contributed by atoms with Crippen LogP contribution in [0.3, 0.4) is 0 Å². The number of rotatable bonds is 8. The van der Waals surface area contributed by atoms with Crippen molar-refractivity contribution in [3.8, 4) is 11.5 Å². The molecule has 0 fully saturated rings. The zero-order valence-corrected chi connectivity index (χ0v) is 17.3. The lowest BCUT2D eigenvalue weighted by molar-refractivity contribution is -0.118. The molecular weight excluding hydrogens is 414 g/mol. The molecule has 0 spiro atoms. The van der Waals surface area contributed by atoms with Gasteiger partial charge in [0, 0.05) is 13.7 Å². The van der Waals surface area contributed by atoms with Gasteiger partial charge in [-0.1, -0.05) is 17.8 Å². The first-order chi connectivity index (χ1) is 14.2. The summed E-state index contributed by atoms with van der Waals surface area (Å²) in [6.45, 7) is 1.37. The van der Waals surface area contributed by atoms with Crippen molar-refractivity contribution in [1.29, 1.82) is 0 Å². The molecule has 0 atom stereocenters. The zero-order chi connectivity index (χ0) is 20.2. The predicted octanol–water partition coefficient (Wildman–Crippen LogP) is 2.24. The molecule has 29 heavy (non-hydrogen) atoms. The van der Waals surface area contributed by atoms with Gasteiger partial charge >= 0.3 is 0 Å². The number of thioether (sulfide) groups is 1. The molecule has 0 saturated heterocycles. The van der Waals surface area contributed by atoms with E-state index in [4.69, 9.17) is 14.2 Å². The van der Waals surface area contributed by atoms with Crippen molar-refractivity contribution in [2.45, 2.75) is 18.2 Å². The van der Waals surface area contributed by atoms with E-state index in [9.17, 15) is 9.59 Å². The predicted molar refractivity (Wildman–Crippen MR) is 111 cm³/mol. The highest BCUT2D eigenvalue weighted by molar-refractivity contribution is 7.99. The first-order valence-electron chi connectivity index (χ1n) is 8.90. The van der Waals surface area contributed by atoms with E-state index in [1.165, 1.54) is 23.1 Å². The standard InChI is InChI=1S/C19H19N3O5S2/c1-25-6-5-22-18(24)17-13(4-7-28-17)21-19(22)29-10-16(23)20-9-12-2-3-14-15(8-12)27-11-26-14/h2-4,7-8H,5-6,9-11H2,1H3,(H,20,23). The highest BCUT2D eigenvalue weighted by Gasteiger charge is 2.15. The molecule has 152 valence electrons. The van der Waals surface area contributed by atoms with E-state index in [0.717, 1.165) is 5.56 Å². The van der Waals surface area contributed by atoms with Gasteiger partial charge in [0.15, 0.2) is 16.7 Å². The first kappa shape index (κ1) is 19.7. The number of hydrogen-bond donors (Lipinski definition) is 1. The monoisotopic (exact) mass is 433 g/mol. The van der Waals surface area contributed by atoms with Crippen LogP contribution >= 0.6 is 23.1 Å². The average Bonchev–Trinajstić information content (AvgIpc) is 3.39. The van der Waals surface area contributed by atoms with Crippen LogP contribution in [0.25, 0.3) is 10.2 Å². The van der Waals surface area contributed by atoms with Gasteiger partial charge in [0.05, 0.1) is 24.4 Å². The first-order valence-corrected chi connectivity index (χ1v) is 10.8. The highest BCUT2D eigenvalue weighted by Crippen LogP contribution is 2.32. The summed E-state index contributed by atoms with van der Waals surface area (Å²) in [7, 11) is 1.58. The number of nitrogens with zero attached hydrogens (tertiary/aromatic N) is 2. The van der Waals surface area contributed by atoms with Crippen LogP contribution in [0.5, 0.6) is 11.5 Å². The van der Waals surface area contributed by atoms with Crippen LogP contribution in [0.2, 0.25) is 0 Å². The van der Waals surface area contributed by atoms with Crippen molar-refractivity contribution in [3.05, 3.63) is 45.6 Å². The number of carbonyl (C=O) groups is 1. The molecule has 1 aliphatic rings. The van der Waals surface area contributed by atoms with E-state index in [-0.39, 0.29) is 24.0 Å². The third-order valence-corrected chi connectivity index (χ3v) is 6.18. The van der Waals surface area contributed by atoms with Crippen molar-refractivity contribution in [2.75, 3.05) is 26.3 Å². The minimum Gasteiger partial charge on any atom is -0.454 e. The van der Waals surface area contributed by atoms with Gasteiger partial charge < -0.3 is 19.5 Å². The number of aromatic nitrogens is 2. The van der Waals surface area contributed by atoms with Gasteiger partial charge in [0.2, 0.25) is 12.7 Å². The Labute approximate surface area is 174 Å². The summed E-state index contributed by atoms with van der Waals surface area (Å²) in [4.78, 5) is 29.6. The van der Waals surface area contributed by atoms with Crippen LogP contribution in [0.4, 0.5) is 0 Å². The second kappa shape index (κ2) is 8.85. The Morgan fingerprint density at radius 3 is 3.07 bits per heavy atom. The van der Waals surface area contributed by atoms with Crippen LogP contribution < -0.4 is 20.3 Å². The maximum absolute atomic E-state index is 12.7. The van der Waals surface area contributed by atoms with E-state index in [2.05, 4.69) is 10.3 Å². The number of ether oxygens (including phenoxy) is 3. The molecule has 3 heterocycles. The Morgan fingerprint density at radius 2 is 2.21 bits per heavy atom. The smallest absolute Gasteiger partial charge is 0.272 e. The third kappa shape index (κ3) is 4.39. The number of benzene rings is 1. The number of amides is 1. The average molecular weight is 434 g/mol. The van der Waals surface area contributed by atoms with E-state index in [1.807, 2.05) is 29.6 Å². The van der Waals surface area contributed by atoms with Crippen molar-refractivity contribution in [2.24, 2.45) is 0 Å². The fraction of sp³-hybridized carbons (Fsp3) is 0.316. The van der Waals surface area contributed by atoms with Crippen LogP contribution in [0, 0.1) is 0 Å². The van der Waals surface area contributed by atoms with Gasteiger partial charge in [0.1, 0.15) is 4.70 Å². The molecule has 3 aromatic rings. The van der Waals surface area contributed by atoms with Crippen LogP contribution in [0.15, 0.2) is 39.6 Å². The van der Waals surface area contributed by atoms with Crippen LogP contribution in [-0.2, 0) is 22.6 Å². The summed E-state index contributed by atoms with van der Waals surface area (Å²) >= 11 is 2.60. The molecule has 8 nitrogen and oxygen atoms in total. The van der Waals surface area contributed by atoms with Crippen LogP contribution in [0.1, 0.15) is 5.56 Å². The van der Waals surface area contributed by atoms with Crippen molar-refractivity contribution >= 4 is 39.2 Å². The summed E-state index contributed by atoms with van der Waals surface area (Å²) in [5.41, 5.74) is 1.46. The van der Waals surface area contributed by atoms with Crippen molar-refractivity contribution in [3.63, 3.8) is 0 Å². The number of thiophene rings is 1. The molecule has 0 bridgehead atoms. The lowest BCUT2D eigenvalue weighted by atomic mass is 10.2. The topological polar surface area (TPSA) is 91.7 Å². The Hall–Kier alpha value is -2.56. The Bertz CT molecular complexity index is 1100. The minimum absolute atomic E-state index is 0.106. The second-order valence-corrected chi connectivity index (χ2v) is 8.09. The normalized spacial score (nSPS) is 12.4. The molecule has 0 unspecified atom stereocenters. The Morgan fingerprint density at radius 1 is 1.34 bits per heavy atom. The Balaban J connectivity index is 1.40. The van der Waals surface area contributed by atoms with Gasteiger partial charge in [-0.05, 0) is 29.1 Å². The van der Waals surface area contributed by atoms with E-state index < -0.39 is 0 Å². The number of fused-ring (bicyclic) bond motifs is 2. The molecule has 1 N–H and O–H groups in total. The summed E-state index contributed by atoms with van der Waals surface area (Å²) in [6, 6.07) is 7.37. The maximum atomic E-state index is 12.7. The molecule has 10 heteroatoms. The molecule has 1 aromatic carbocycles. The number of nitrogens with one attached hydrogen (secondary N) is 1. The molecule has 1 aliphatic heterocycles. The summed E-state index contributed by atoms with van der Waals surface area (Å²) in [5.74, 6) is 1.39. The quantitative estimate of drug-likeness (QED) is 0.430. The zero-order valence-electron chi connectivity index (χ0n) is 15.7. The fourth-order valence-electron chi connectivity index (χ4n) is 2.85. The largest absolute Gasteiger partial charge is 0.454 e. The lowest BCUT2D eigenvalue weighted by Crippen LogP contribution is -2.27. The molecule has 0 aliphatic carbocycles. The van der Waals surface area contributed by atoms with Gasteiger partial charge in [-0.25, -0.2) is 4.98 Å². The highest BCUT2D eigenvalue weighted by atomic mass is 32.2. The second-order valence-electron chi connectivity index (χ2n) is 6.23. The number of hydrogen-bond acceptors (Lipinski definition) is 8. The lowest BCUT2D eigenvalue weighted by Gasteiger charge is -2.11. The van der Waals surface area contributed by atoms with E-state index >= 15 is 0 Å². The van der Waals surface area contributed by atoms with Gasteiger partial charge in [0.25, 0.3) is 5.56 Å². The molecule has 0 saturated carbocycles. The fourth-order valence-corrected chi connectivity index (χ4v) is 4.48. The van der Waals surface area contributed by atoms with Crippen molar-refractivity contribution in [1.82, 2.24) is 14.9 Å². The molecule has 4 rings (SSSR count). The SMILES string of the molecule is COCCn1c(SCC(=O)NCc2ccc3c(c2)OCO3)nc2ccsc2c1=O. The van der Waals surface area contributed by atoms with E-state index in [1.54, 1.807) is 11.7 Å².